The van der Waals surface area contributed by atoms with Crippen LogP contribution in [-0.2, 0) is 4.74 Å². The van der Waals surface area contributed by atoms with Crippen LogP contribution < -0.4 is 5.69 Å². The molecule has 0 bridgehead atoms. The number of carbonyl (C=O) groups is 1. The highest BCUT2D eigenvalue weighted by Crippen LogP contribution is 2.27. The van der Waals surface area contributed by atoms with Gasteiger partial charge in [-0.2, -0.15) is 4.98 Å². The number of piperidine rings is 1. The lowest BCUT2D eigenvalue weighted by Crippen LogP contribution is -2.50. The van der Waals surface area contributed by atoms with Crippen molar-refractivity contribution < 1.29 is 14.6 Å². The first kappa shape index (κ1) is 23.3. The first-order chi connectivity index (χ1) is 17.0. The van der Waals surface area contributed by atoms with Gasteiger partial charge in [-0.3, -0.25) is 9.69 Å². The van der Waals surface area contributed by atoms with Crippen LogP contribution in [0.15, 0.2) is 53.3 Å². The third-order valence-corrected chi connectivity index (χ3v) is 6.97. The van der Waals surface area contributed by atoms with E-state index in [1.54, 1.807) is 25.1 Å². The van der Waals surface area contributed by atoms with Gasteiger partial charge in [-0.05, 0) is 67.3 Å². The molecule has 2 aliphatic rings. The molecular formula is C27H30N4O4. The maximum atomic E-state index is 13.3. The SMILES string of the molecule is Cc1cc(-c2cc(-c3cccc(C(=O)N4CCC(N5CCOCC5)CC4)c3)nc(=O)[nH]2)ccc1O. The number of likely N-dealkylation sites (tertiary alicyclic amines) is 1. The summed E-state index contributed by atoms with van der Waals surface area (Å²) in [6.07, 6.45) is 1.94. The average Bonchev–Trinajstić information content (AvgIpc) is 2.90. The second kappa shape index (κ2) is 10.0. The molecule has 3 heterocycles. The molecular weight excluding hydrogens is 444 g/mol. The van der Waals surface area contributed by atoms with Crippen molar-refractivity contribution in [2.75, 3.05) is 39.4 Å². The molecule has 2 N–H and O–H groups in total. The number of nitrogens with one attached hydrogen (secondary N) is 1. The summed E-state index contributed by atoms with van der Waals surface area (Å²) in [4.78, 5) is 36.9. The number of H-pyrrole nitrogens is 1. The van der Waals surface area contributed by atoms with Gasteiger partial charge in [-0.1, -0.05) is 12.1 Å². The summed E-state index contributed by atoms with van der Waals surface area (Å²) in [5.41, 5.74) is 3.42. The smallest absolute Gasteiger partial charge is 0.345 e. The Kier molecular flexibility index (Phi) is 6.66. The molecule has 0 spiro atoms. The molecule has 5 rings (SSSR count). The molecule has 2 aromatic carbocycles. The fourth-order valence-corrected chi connectivity index (χ4v) is 4.95. The first-order valence-corrected chi connectivity index (χ1v) is 12.1. The quantitative estimate of drug-likeness (QED) is 0.603. The van der Waals surface area contributed by atoms with E-state index in [2.05, 4.69) is 14.9 Å². The minimum absolute atomic E-state index is 0.00602. The third-order valence-electron chi connectivity index (χ3n) is 6.97. The van der Waals surface area contributed by atoms with Crippen LogP contribution in [0.5, 0.6) is 5.75 Å². The Morgan fingerprint density at radius 3 is 2.54 bits per heavy atom. The number of morpholine rings is 1. The number of hydrogen-bond donors (Lipinski definition) is 2. The predicted octanol–water partition coefficient (Wildman–Crippen LogP) is 3.05. The van der Waals surface area contributed by atoms with E-state index in [0.29, 0.717) is 34.1 Å². The molecule has 1 amide bonds. The fraction of sp³-hybridized carbons (Fsp3) is 0.370. The molecule has 2 aliphatic heterocycles. The molecule has 8 nitrogen and oxygen atoms in total. The van der Waals surface area contributed by atoms with Gasteiger partial charge in [0.05, 0.1) is 24.6 Å². The van der Waals surface area contributed by atoms with E-state index in [-0.39, 0.29) is 11.7 Å². The number of rotatable bonds is 4. The van der Waals surface area contributed by atoms with Gasteiger partial charge in [0.25, 0.3) is 5.91 Å². The number of phenolic OH excluding ortho intramolecular Hbond substituents is 1. The van der Waals surface area contributed by atoms with Crippen molar-refractivity contribution >= 4 is 5.91 Å². The molecule has 3 aromatic rings. The number of aromatic amines is 1. The molecule has 2 fully saturated rings. The van der Waals surface area contributed by atoms with Crippen LogP contribution in [0.4, 0.5) is 0 Å². The second-order valence-electron chi connectivity index (χ2n) is 9.24. The maximum Gasteiger partial charge on any atom is 0.345 e. The Labute approximate surface area is 204 Å². The van der Waals surface area contributed by atoms with Crippen molar-refractivity contribution in [2.45, 2.75) is 25.8 Å². The fourth-order valence-electron chi connectivity index (χ4n) is 4.95. The number of nitrogens with zero attached hydrogens (tertiary/aromatic N) is 3. The van der Waals surface area contributed by atoms with Crippen molar-refractivity contribution in [3.63, 3.8) is 0 Å². The standard InChI is InChI=1S/C27H30N4O4/c1-18-15-20(5-6-25(18)32)24-17-23(28-27(34)29-24)19-3-2-4-21(16-19)26(33)31-9-7-22(8-10-31)30-11-13-35-14-12-30/h2-6,15-17,22,32H,7-14H2,1H3,(H,28,29,34). The van der Waals surface area contributed by atoms with E-state index < -0.39 is 5.69 Å². The van der Waals surface area contributed by atoms with E-state index in [1.165, 1.54) is 0 Å². The number of phenols is 1. The number of aromatic hydroxyl groups is 1. The van der Waals surface area contributed by atoms with E-state index in [4.69, 9.17) is 4.74 Å². The van der Waals surface area contributed by atoms with Crippen LogP contribution in [0.3, 0.4) is 0 Å². The highest BCUT2D eigenvalue weighted by molar-refractivity contribution is 5.95. The Morgan fingerprint density at radius 2 is 1.80 bits per heavy atom. The lowest BCUT2D eigenvalue weighted by Gasteiger charge is -2.40. The molecule has 0 atom stereocenters. The first-order valence-electron chi connectivity index (χ1n) is 12.1. The van der Waals surface area contributed by atoms with Crippen molar-refractivity contribution in [3.8, 4) is 28.3 Å². The van der Waals surface area contributed by atoms with Crippen LogP contribution in [0.2, 0.25) is 0 Å². The predicted molar refractivity (Wildman–Crippen MR) is 133 cm³/mol. The molecule has 35 heavy (non-hydrogen) atoms. The number of benzene rings is 2. The van der Waals surface area contributed by atoms with Gasteiger partial charge in [0.1, 0.15) is 5.75 Å². The second-order valence-corrected chi connectivity index (χ2v) is 9.24. The maximum absolute atomic E-state index is 13.3. The molecule has 0 unspecified atom stereocenters. The summed E-state index contributed by atoms with van der Waals surface area (Å²) < 4.78 is 5.46. The molecule has 0 aliphatic carbocycles. The highest BCUT2D eigenvalue weighted by atomic mass is 16.5. The highest BCUT2D eigenvalue weighted by Gasteiger charge is 2.28. The molecule has 0 saturated carbocycles. The normalized spacial score (nSPS) is 17.5. The molecule has 8 heteroatoms. The summed E-state index contributed by atoms with van der Waals surface area (Å²) in [7, 11) is 0. The zero-order chi connectivity index (χ0) is 24.4. The Morgan fingerprint density at radius 1 is 1.03 bits per heavy atom. The van der Waals surface area contributed by atoms with Gasteiger partial charge in [0.15, 0.2) is 0 Å². The topological polar surface area (TPSA) is 98.8 Å². The summed E-state index contributed by atoms with van der Waals surface area (Å²) in [5.74, 6) is 0.206. The van der Waals surface area contributed by atoms with Crippen molar-refractivity contribution in [3.05, 3.63) is 70.1 Å². The number of aromatic nitrogens is 2. The number of ether oxygens (including phenoxy) is 1. The van der Waals surface area contributed by atoms with Gasteiger partial charge in [0, 0.05) is 43.3 Å². The molecule has 0 radical (unpaired) electrons. The Hall–Kier alpha value is -3.49. The van der Waals surface area contributed by atoms with Gasteiger partial charge >= 0.3 is 5.69 Å². The number of amides is 1. The van der Waals surface area contributed by atoms with Crippen molar-refractivity contribution in [2.24, 2.45) is 0 Å². The summed E-state index contributed by atoms with van der Waals surface area (Å²) in [6.45, 7) is 6.78. The monoisotopic (exact) mass is 474 g/mol. The molecule has 2 saturated heterocycles. The van der Waals surface area contributed by atoms with E-state index in [0.717, 1.165) is 57.8 Å². The minimum Gasteiger partial charge on any atom is -0.508 e. The average molecular weight is 475 g/mol. The number of hydrogen-bond acceptors (Lipinski definition) is 6. The summed E-state index contributed by atoms with van der Waals surface area (Å²) in [5, 5.41) is 9.82. The van der Waals surface area contributed by atoms with E-state index >= 15 is 0 Å². The van der Waals surface area contributed by atoms with Crippen LogP contribution in [0.25, 0.3) is 22.5 Å². The van der Waals surface area contributed by atoms with E-state index in [1.807, 2.05) is 35.2 Å². The largest absolute Gasteiger partial charge is 0.508 e. The van der Waals surface area contributed by atoms with Crippen LogP contribution in [-0.4, -0.2) is 76.2 Å². The van der Waals surface area contributed by atoms with Crippen LogP contribution in [0.1, 0.15) is 28.8 Å². The zero-order valence-corrected chi connectivity index (χ0v) is 19.9. The molecule has 1 aromatic heterocycles. The zero-order valence-electron chi connectivity index (χ0n) is 19.9. The van der Waals surface area contributed by atoms with Gasteiger partial charge < -0.3 is 19.7 Å². The summed E-state index contributed by atoms with van der Waals surface area (Å²) >= 11 is 0. The van der Waals surface area contributed by atoms with E-state index in [9.17, 15) is 14.7 Å². The lowest BCUT2D eigenvalue weighted by atomic mass is 10.0. The van der Waals surface area contributed by atoms with Gasteiger partial charge in [-0.25, -0.2) is 4.79 Å². The number of carbonyl (C=O) groups excluding carboxylic acids is 1. The Bertz CT molecular complexity index is 1270. The Balaban J connectivity index is 1.33. The van der Waals surface area contributed by atoms with Gasteiger partial charge in [0.2, 0.25) is 0 Å². The van der Waals surface area contributed by atoms with Gasteiger partial charge in [-0.15, -0.1) is 0 Å². The number of aryl methyl sites for hydroxylation is 1. The minimum atomic E-state index is -0.467. The third kappa shape index (κ3) is 5.13. The summed E-state index contributed by atoms with van der Waals surface area (Å²) in [6, 6.07) is 14.8. The molecule has 182 valence electrons. The van der Waals surface area contributed by atoms with Crippen molar-refractivity contribution in [1.29, 1.82) is 0 Å². The lowest BCUT2D eigenvalue weighted by molar-refractivity contribution is 0.00159. The van der Waals surface area contributed by atoms with Crippen LogP contribution in [0, 0.1) is 6.92 Å². The van der Waals surface area contributed by atoms with Crippen molar-refractivity contribution in [1.82, 2.24) is 19.8 Å². The van der Waals surface area contributed by atoms with Crippen LogP contribution >= 0.6 is 0 Å².